The first kappa shape index (κ1) is 12.6. The zero-order valence-electron chi connectivity index (χ0n) is 10.2. The third-order valence-electron chi connectivity index (χ3n) is 3.22. The molecule has 1 aromatic heterocycles. The number of hydrogen-bond donors (Lipinski definition) is 1. The van der Waals surface area contributed by atoms with Crippen LogP contribution in [-0.4, -0.2) is 10.9 Å². The molecule has 0 aliphatic heterocycles. The lowest BCUT2D eigenvalue weighted by atomic mass is 9.94. The summed E-state index contributed by atoms with van der Waals surface area (Å²) >= 11 is 7.40. The van der Waals surface area contributed by atoms with Gasteiger partial charge in [-0.3, -0.25) is 4.79 Å². The standard InChI is InChI=1S/C14H13ClN2OS/c15-10-6-7-11-12(8-10)19-14(16-11)17-13(18)9-4-2-1-3-5-9/h1-2,6-9H,3-5H2,(H,16,17,18). The highest BCUT2D eigenvalue weighted by molar-refractivity contribution is 7.22. The van der Waals surface area contributed by atoms with Crippen LogP contribution in [0.15, 0.2) is 30.4 Å². The van der Waals surface area contributed by atoms with Gasteiger partial charge in [-0.2, -0.15) is 0 Å². The van der Waals surface area contributed by atoms with Crippen LogP contribution in [0.4, 0.5) is 5.13 Å². The number of carbonyl (C=O) groups is 1. The van der Waals surface area contributed by atoms with E-state index in [-0.39, 0.29) is 11.8 Å². The summed E-state index contributed by atoms with van der Waals surface area (Å²) in [4.78, 5) is 16.5. The maximum Gasteiger partial charge on any atom is 0.229 e. The van der Waals surface area contributed by atoms with E-state index in [1.54, 1.807) is 6.07 Å². The summed E-state index contributed by atoms with van der Waals surface area (Å²) in [5.41, 5.74) is 0.869. The second-order valence-electron chi connectivity index (χ2n) is 4.60. The zero-order valence-corrected chi connectivity index (χ0v) is 11.8. The van der Waals surface area contributed by atoms with Crippen LogP contribution in [0.3, 0.4) is 0 Å². The fourth-order valence-corrected chi connectivity index (χ4v) is 3.34. The summed E-state index contributed by atoms with van der Waals surface area (Å²) in [6.45, 7) is 0. The van der Waals surface area contributed by atoms with Gasteiger partial charge in [0.15, 0.2) is 5.13 Å². The van der Waals surface area contributed by atoms with Crippen molar-refractivity contribution in [3.8, 4) is 0 Å². The number of aromatic nitrogens is 1. The molecule has 1 aromatic carbocycles. The number of fused-ring (bicyclic) bond motifs is 1. The molecule has 0 radical (unpaired) electrons. The van der Waals surface area contributed by atoms with E-state index in [9.17, 15) is 4.79 Å². The predicted molar refractivity (Wildman–Crippen MR) is 79.7 cm³/mol. The summed E-state index contributed by atoms with van der Waals surface area (Å²) < 4.78 is 0.992. The normalized spacial score (nSPS) is 18.7. The number of nitrogens with zero attached hydrogens (tertiary/aromatic N) is 1. The van der Waals surface area contributed by atoms with Gasteiger partial charge in [-0.1, -0.05) is 35.1 Å². The van der Waals surface area contributed by atoms with Crippen molar-refractivity contribution in [2.75, 3.05) is 5.32 Å². The number of allylic oxidation sites excluding steroid dienone is 2. The third kappa shape index (κ3) is 2.80. The molecule has 98 valence electrons. The zero-order chi connectivity index (χ0) is 13.2. The average molecular weight is 293 g/mol. The summed E-state index contributed by atoms with van der Waals surface area (Å²) in [6.07, 6.45) is 6.92. The average Bonchev–Trinajstić information content (AvgIpc) is 2.81. The molecule has 0 bridgehead atoms. The van der Waals surface area contributed by atoms with Gasteiger partial charge in [0.25, 0.3) is 0 Å². The van der Waals surface area contributed by atoms with Gasteiger partial charge in [0.1, 0.15) is 0 Å². The van der Waals surface area contributed by atoms with E-state index in [1.807, 2.05) is 12.1 Å². The van der Waals surface area contributed by atoms with Crippen molar-refractivity contribution in [2.45, 2.75) is 19.3 Å². The van der Waals surface area contributed by atoms with Crippen molar-refractivity contribution in [1.82, 2.24) is 4.98 Å². The highest BCUT2D eigenvalue weighted by Crippen LogP contribution is 2.29. The van der Waals surface area contributed by atoms with Crippen molar-refractivity contribution in [1.29, 1.82) is 0 Å². The first-order chi connectivity index (χ1) is 9.22. The van der Waals surface area contributed by atoms with Crippen molar-refractivity contribution >= 4 is 44.2 Å². The van der Waals surface area contributed by atoms with E-state index in [2.05, 4.69) is 22.5 Å². The van der Waals surface area contributed by atoms with Crippen LogP contribution >= 0.6 is 22.9 Å². The predicted octanol–water partition coefficient (Wildman–Crippen LogP) is 4.24. The molecule has 1 N–H and O–H groups in total. The number of carbonyl (C=O) groups excluding carboxylic acids is 1. The Balaban J connectivity index is 1.77. The molecule has 1 unspecified atom stereocenters. The molecular weight excluding hydrogens is 280 g/mol. The van der Waals surface area contributed by atoms with E-state index >= 15 is 0 Å². The molecule has 1 amide bonds. The van der Waals surface area contributed by atoms with E-state index in [0.29, 0.717) is 10.2 Å². The molecule has 1 aliphatic rings. The quantitative estimate of drug-likeness (QED) is 0.841. The lowest BCUT2D eigenvalue weighted by molar-refractivity contribution is -0.120. The van der Waals surface area contributed by atoms with Crippen LogP contribution in [0.1, 0.15) is 19.3 Å². The maximum absolute atomic E-state index is 12.1. The molecule has 1 aliphatic carbocycles. The van der Waals surface area contributed by atoms with Crippen LogP contribution in [-0.2, 0) is 4.79 Å². The number of anilines is 1. The minimum atomic E-state index is 0.0644. The smallest absolute Gasteiger partial charge is 0.229 e. The Bertz CT molecular complexity index is 650. The highest BCUT2D eigenvalue weighted by atomic mass is 35.5. The summed E-state index contributed by atoms with van der Waals surface area (Å²) in [6, 6.07) is 5.54. The maximum atomic E-state index is 12.1. The summed E-state index contributed by atoms with van der Waals surface area (Å²) in [7, 11) is 0. The van der Waals surface area contributed by atoms with Crippen LogP contribution in [0.5, 0.6) is 0 Å². The Morgan fingerprint density at radius 2 is 2.32 bits per heavy atom. The number of benzene rings is 1. The number of hydrogen-bond acceptors (Lipinski definition) is 3. The van der Waals surface area contributed by atoms with Gasteiger partial charge in [0.05, 0.1) is 10.2 Å². The van der Waals surface area contributed by atoms with Gasteiger partial charge in [-0.25, -0.2) is 4.98 Å². The number of halogens is 1. The van der Waals surface area contributed by atoms with Gasteiger partial charge in [-0.05, 0) is 37.5 Å². The van der Waals surface area contributed by atoms with Gasteiger partial charge >= 0.3 is 0 Å². The monoisotopic (exact) mass is 292 g/mol. The van der Waals surface area contributed by atoms with E-state index in [0.717, 1.165) is 29.5 Å². The van der Waals surface area contributed by atoms with Gasteiger partial charge in [0, 0.05) is 10.9 Å². The van der Waals surface area contributed by atoms with Gasteiger partial charge in [-0.15, -0.1) is 0 Å². The highest BCUT2D eigenvalue weighted by Gasteiger charge is 2.19. The van der Waals surface area contributed by atoms with Crippen molar-refractivity contribution in [3.63, 3.8) is 0 Å². The largest absolute Gasteiger partial charge is 0.302 e. The van der Waals surface area contributed by atoms with E-state index in [1.165, 1.54) is 11.3 Å². The summed E-state index contributed by atoms with van der Waals surface area (Å²) in [5.74, 6) is 0.134. The molecule has 2 aromatic rings. The van der Waals surface area contributed by atoms with E-state index < -0.39 is 0 Å². The van der Waals surface area contributed by atoms with Crippen LogP contribution in [0.25, 0.3) is 10.2 Å². The van der Waals surface area contributed by atoms with Crippen molar-refractivity contribution < 1.29 is 4.79 Å². The van der Waals surface area contributed by atoms with E-state index in [4.69, 9.17) is 11.6 Å². The van der Waals surface area contributed by atoms with Crippen LogP contribution in [0.2, 0.25) is 5.02 Å². The van der Waals surface area contributed by atoms with Crippen molar-refractivity contribution in [3.05, 3.63) is 35.4 Å². The Kier molecular flexibility index (Phi) is 3.53. The minimum absolute atomic E-state index is 0.0644. The number of thiazole rings is 1. The Labute approximate surface area is 120 Å². The van der Waals surface area contributed by atoms with Crippen LogP contribution < -0.4 is 5.32 Å². The first-order valence-electron chi connectivity index (χ1n) is 6.24. The minimum Gasteiger partial charge on any atom is -0.302 e. The Morgan fingerprint density at radius 3 is 3.11 bits per heavy atom. The van der Waals surface area contributed by atoms with Gasteiger partial charge in [0.2, 0.25) is 5.91 Å². The SMILES string of the molecule is O=C(Nc1nc2ccc(Cl)cc2s1)C1CC=CCC1. The molecule has 0 fully saturated rings. The number of nitrogens with one attached hydrogen (secondary N) is 1. The second kappa shape index (κ2) is 5.31. The van der Waals surface area contributed by atoms with Crippen molar-refractivity contribution in [2.24, 2.45) is 5.92 Å². The Hall–Kier alpha value is -1.39. The molecule has 0 saturated heterocycles. The number of amides is 1. The molecular formula is C14H13ClN2OS. The molecule has 0 spiro atoms. The fourth-order valence-electron chi connectivity index (χ4n) is 2.19. The molecule has 19 heavy (non-hydrogen) atoms. The third-order valence-corrected chi connectivity index (χ3v) is 4.39. The molecule has 0 saturated carbocycles. The topological polar surface area (TPSA) is 42.0 Å². The fraction of sp³-hybridized carbons (Fsp3) is 0.286. The molecule has 5 heteroatoms. The molecule has 1 atom stereocenters. The summed E-state index contributed by atoms with van der Waals surface area (Å²) in [5, 5.41) is 4.25. The molecule has 3 nitrogen and oxygen atoms in total. The van der Waals surface area contributed by atoms with Crippen LogP contribution in [0, 0.1) is 5.92 Å². The molecule has 3 rings (SSSR count). The Morgan fingerprint density at radius 1 is 1.42 bits per heavy atom. The lowest BCUT2D eigenvalue weighted by Gasteiger charge is -2.15. The second-order valence-corrected chi connectivity index (χ2v) is 6.07. The number of rotatable bonds is 2. The molecule has 1 heterocycles. The lowest BCUT2D eigenvalue weighted by Crippen LogP contribution is -2.23. The first-order valence-corrected chi connectivity index (χ1v) is 7.44. The van der Waals surface area contributed by atoms with Gasteiger partial charge < -0.3 is 5.32 Å².